The topological polar surface area (TPSA) is 26.0 Å². The Hall–Kier alpha value is -0.570. The van der Waals surface area contributed by atoms with Crippen molar-refractivity contribution in [1.82, 2.24) is 4.98 Å². The van der Waals surface area contributed by atoms with Gasteiger partial charge in [-0.2, -0.15) is 0 Å². The minimum absolute atomic E-state index is 0. The number of para-hydroxylation sites is 2. The van der Waals surface area contributed by atoms with Crippen LogP contribution in [0.2, 0.25) is 0 Å². The molecule has 0 aliphatic rings. The fraction of sp³-hybridized carbons (Fsp3) is 0. The minimum atomic E-state index is 0. The van der Waals surface area contributed by atoms with E-state index in [9.17, 15) is 0 Å². The molecule has 55 valence electrons. The molecule has 0 unspecified atom stereocenters. The van der Waals surface area contributed by atoms with Crippen LogP contribution in [0.4, 0.5) is 0 Å². The van der Waals surface area contributed by atoms with Crippen LogP contribution in [0, 0.1) is 0 Å². The number of benzene rings is 1. The quantitative estimate of drug-likeness (QED) is 0.641. The summed E-state index contributed by atoms with van der Waals surface area (Å²) in [5.41, 5.74) is 1.76. The van der Waals surface area contributed by atoms with Crippen LogP contribution in [0.1, 0.15) is 0 Å². The smallest absolute Gasteiger partial charge is 0.181 e. The molecule has 0 fully saturated rings. The number of hydrogen-bond acceptors (Lipinski definition) is 2. The second-order valence-corrected chi connectivity index (χ2v) is 1.82. The molecule has 0 atom stereocenters. The summed E-state index contributed by atoms with van der Waals surface area (Å²) in [6.45, 7) is 0. The van der Waals surface area contributed by atoms with Crippen LogP contribution in [-0.2, 0) is 22.4 Å². The molecule has 2 aromatic rings. The van der Waals surface area contributed by atoms with E-state index in [1.807, 2.05) is 24.3 Å². The van der Waals surface area contributed by atoms with Crippen LogP contribution >= 0.6 is 0 Å². The normalized spacial score (nSPS) is 9.20. The number of hydrogen-bond donors (Lipinski definition) is 0. The summed E-state index contributed by atoms with van der Waals surface area (Å²) >= 11 is 0. The molecular formula is C7H5AgNO. The minimum Gasteiger partial charge on any atom is -0.443 e. The first-order valence-electron chi connectivity index (χ1n) is 2.75. The molecule has 0 amide bonds. The van der Waals surface area contributed by atoms with E-state index in [4.69, 9.17) is 4.42 Å². The Morgan fingerprint density at radius 1 is 1.20 bits per heavy atom. The molecule has 1 aromatic carbocycles. The molecule has 0 saturated heterocycles. The molecule has 0 saturated carbocycles. The van der Waals surface area contributed by atoms with Crippen molar-refractivity contribution in [3.63, 3.8) is 0 Å². The fourth-order valence-electron chi connectivity index (χ4n) is 0.803. The van der Waals surface area contributed by atoms with Gasteiger partial charge in [0.05, 0.1) is 0 Å². The molecule has 0 N–H and O–H groups in total. The Kier molecular flexibility index (Phi) is 2.27. The number of nitrogens with zero attached hydrogens (tertiary/aromatic N) is 1. The van der Waals surface area contributed by atoms with Crippen LogP contribution in [0.15, 0.2) is 35.1 Å². The Morgan fingerprint density at radius 2 is 2.00 bits per heavy atom. The summed E-state index contributed by atoms with van der Waals surface area (Å²) in [5, 5.41) is 0. The average molecular weight is 227 g/mol. The van der Waals surface area contributed by atoms with Gasteiger partial charge in [-0.25, -0.2) is 4.98 Å². The standard InChI is InChI=1S/C7H5NO.Ag/c1-2-4-7-6(3-1)8-5-9-7;/h1-5H;. The predicted octanol–water partition coefficient (Wildman–Crippen LogP) is 1.83. The third-order valence-corrected chi connectivity index (χ3v) is 1.24. The third-order valence-electron chi connectivity index (χ3n) is 1.24. The summed E-state index contributed by atoms with van der Waals surface area (Å²) in [5.74, 6) is 0. The van der Waals surface area contributed by atoms with Gasteiger partial charge in [0, 0.05) is 22.4 Å². The van der Waals surface area contributed by atoms with Crippen LogP contribution in [-0.4, -0.2) is 4.98 Å². The first-order chi connectivity index (χ1) is 4.47. The molecule has 10 heavy (non-hydrogen) atoms. The summed E-state index contributed by atoms with van der Waals surface area (Å²) < 4.78 is 5.01. The van der Waals surface area contributed by atoms with Crippen molar-refractivity contribution in [3.05, 3.63) is 30.7 Å². The van der Waals surface area contributed by atoms with Gasteiger partial charge < -0.3 is 4.42 Å². The molecule has 1 aromatic heterocycles. The van der Waals surface area contributed by atoms with Gasteiger partial charge in [0.25, 0.3) is 0 Å². The summed E-state index contributed by atoms with van der Waals surface area (Å²) in [6.07, 6.45) is 1.45. The van der Waals surface area contributed by atoms with Gasteiger partial charge in [-0.3, -0.25) is 0 Å². The van der Waals surface area contributed by atoms with E-state index in [2.05, 4.69) is 4.98 Å². The van der Waals surface area contributed by atoms with E-state index >= 15 is 0 Å². The number of oxazole rings is 1. The van der Waals surface area contributed by atoms with Crippen LogP contribution in [0.25, 0.3) is 11.1 Å². The number of rotatable bonds is 0. The van der Waals surface area contributed by atoms with Crippen molar-refractivity contribution >= 4 is 11.1 Å². The van der Waals surface area contributed by atoms with Crippen molar-refractivity contribution in [3.8, 4) is 0 Å². The van der Waals surface area contributed by atoms with Gasteiger partial charge in [0.2, 0.25) is 0 Å². The van der Waals surface area contributed by atoms with Crippen LogP contribution in [0.3, 0.4) is 0 Å². The van der Waals surface area contributed by atoms with Crippen molar-refractivity contribution in [1.29, 1.82) is 0 Å². The van der Waals surface area contributed by atoms with Gasteiger partial charge in [-0.15, -0.1) is 0 Å². The maximum absolute atomic E-state index is 5.01. The van der Waals surface area contributed by atoms with Gasteiger partial charge in [-0.05, 0) is 12.1 Å². The molecule has 2 nitrogen and oxygen atoms in total. The summed E-state index contributed by atoms with van der Waals surface area (Å²) in [7, 11) is 0. The average Bonchev–Trinajstić information content (AvgIpc) is 2.33. The fourth-order valence-corrected chi connectivity index (χ4v) is 0.803. The zero-order chi connectivity index (χ0) is 6.10. The van der Waals surface area contributed by atoms with E-state index in [0.29, 0.717) is 0 Å². The maximum Gasteiger partial charge on any atom is 0.181 e. The van der Waals surface area contributed by atoms with E-state index in [0.717, 1.165) is 11.1 Å². The Morgan fingerprint density at radius 3 is 2.80 bits per heavy atom. The molecule has 2 rings (SSSR count). The van der Waals surface area contributed by atoms with Gasteiger partial charge in [0.1, 0.15) is 5.52 Å². The van der Waals surface area contributed by atoms with Gasteiger partial charge >= 0.3 is 0 Å². The van der Waals surface area contributed by atoms with Crippen LogP contribution in [0.5, 0.6) is 0 Å². The zero-order valence-electron chi connectivity index (χ0n) is 5.04. The third kappa shape index (κ3) is 1.14. The van der Waals surface area contributed by atoms with E-state index in [1.165, 1.54) is 6.39 Å². The second-order valence-electron chi connectivity index (χ2n) is 1.82. The Labute approximate surface area is 73.8 Å². The van der Waals surface area contributed by atoms with E-state index in [1.54, 1.807) is 0 Å². The van der Waals surface area contributed by atoms with E-state index < -0.39 is 0 Å². The van der Waals surface area contributed by atoms with Crippen molar-refractivity contribution in [2.75, 3.05) is 0 Å². The number of aromatic nitrogens is 1. The zero-order valence-corrected chi connectivity index (χ0v) is 6.53. The largest absolute Gasteiger partial charge is 0.443 e. The summed E-state index contributed by atoms with van der Waals surface area (Å²) in [6, 6.07) is 7.67. The molecule has 0 bridgehead atoms. The maximum atomic E-state index is 5.01. The Bertz CT molecular complexity index is 288. The molecule has 0 aliphatic carbocycles. The van der Waals surface area contributed by atoms with Gasteiger partial charge in [0.15, 0.2) is 12.0 Å². The molecular weight excluding hydrogens is 222 g/mol. The molecule has 0 spiro atoms. The van der Waals surface area contributed by atoms with E-state index in [-0.39, 0.29) is 22.4 Å². The first-order valence-corrected chi connectivity index (χ1v) is 2.75. The van der Waals surface area contributed by atoms with Gasteiger partial charge in [-0.1, -0.05) is 12.1 Å². The van der Waals surface area contributed by atoms with Crippen molar-refractivity contribution in [2.45, 2.75) is 0 Å². The molecule has 1 radical (unpaired) electrons. The Balaban J connectivity index is 0.000000500. The second kappa shape index (κ2) is 3.01. The first kappa shape index (κ1) is 7.54. The van der Waals surface area contributed by atoms with Crippen molar-refractivity contribution in [2.24, 2.45) is 0 Å². The summed E-state index contributed by atoms with van der Waals surface area (Å²) in [4.78, 5) is 3.95. The molecule has 0 aliphatic heterocycles. The van der Waals surface area contributed by atoms with Crippen molar-refractivity contribution < 1.29 is 26.8 Å². The predicted molar refractivity (Wildman–Crippen MR) is 34.0 cm³/mol. The SMILES string of the molecule is [Ag].c1ccc2ocnc2c1. The van der Waals surface area contributed by atoms with Crippen LogP contribution < -0.4 is 0 Å². The molecule has 3 heteroatoms. The molecule has 1 heterocycles. The monoisotopic (exact) mass is 226 g/mol. The number of fused-ring (bicyclic) bond motifs is 1.